The lowest BCUT2D eigenvalue weighted by Gasteiger charge is -2.19. The number of anilines is 2. The van der Waals surface area contributed by atoms with Gasteiger partial charge in [-0.05, 0) is 30.7 Å². The number of carbonyl (C=O) groups excluding carboxylic acids is 1. The monoisotopic (exact) mass is 389 g/mol. The molecule has 9 heteroatoms. The Labute approximate surface area is 156 Å². The van der Waals surface area contributed by atoms with Crippen molar-refractivity contribution >= 4 is 27.2 Å². The highest BCUT2D eigenvalue weighted by atomic mass is 32.2. The fraction of sp³-hybridized carbons (Fsp3) is 0.333. The quantitative estimate of drug-likeness (QED) is 0.820. The number of nitrogens with one attached hydrogen (secondary N) is 2. The summed E-state index contributed by atoms with van der Waals surface area (Å²) in [5.74, 6) is 1.69. The van der Waals surface area contributed by atoms with Gasteiger partial charge in [-0.15, -0.1) is 0 Å². The summed E-state index contributed by atoms with van der Waals surface area (Å²) in [5, 5.41) is 5.91. The third kappa shape index (κ3) is 4.13. The Morgan fingerprint density at radius 2 is 1.93 bits per heavy atom. The van der Waals surface area contributed by atoms with Gasteiger partial charge in [0.15, 0.2) is 21.3 Å². The normalized spacial score (nSPS) is 20.1. The van der Waals surface area contributed by atoms with Gasteiger partial charge in [0.2, 0.25) is 0 Å². The fourth-order valence-corrected chi connectivity index (χ4v) is 4.77. The molecule has 2 N–H and O–H groups in total. The first-order valence-electron chi connectivity index (χ1n) is 8.62. The van der Waals surface area contributed by atoms with Crippen molar-refractivity contribution < 1.29 is 22.7 Å². The van der Waals surface area contributed by atoms with Crippen LogP contribution >= 0.6 is 0 Å². The number of hydrogen-bond donors (Lipinski definition) is 2. The summed E-state index contributed by atoms with van der Waals surface area (Å²) in [6, 6.07) is 8.25. The topological polar surface area (TPSA) is 107 Å². The molecule has 1 unspecified atom stereocenters. The number of carbonyl (C=O) groups is 1. The van der Waals surface area contributed by atoms with E-state index in [1.807, 2.05) is 0 Å². The summed E-state index contributed by atoms with van der Waals surface area (Å²) in [4.78, 5) is 16.7. The average molecular weight is 389 g/mol. The molecule has 0 spiro atoms. The molecule has 4 rings (SSSR count). The zero-order chi connectivity index (χ0) is 18.9. The van der Waals surface area contributed by atoms with Gasteiger partial charge in [0, 0.05) is 29.6 Å². The van der Waals surface area contributed by atoms with Crippen LogP contribution < -0.4 is 20.1 Å². The lowest BCUT2D eigenvalue weighted by molar-refractivity contribution is 0.102. The molecule has 2 aliphatic rings. The number of nitrogens with zero attached hydrogens (tertiary/aromatic N) is 1. The van der Waals surface area contributed by atoms with Crippen LogP contribution in [0, 0.1) is 0 Å². The first-order chi connectivity index (χ1) is 13.0. The minimum absolute atomic E-state index is 0.0856. The van der Waals surface area contributed by atoms with Gasteiger partial charge in [0.05, 0.1) is 11.5 Å². The van der Waals surface area contributed by atoms with Gasteiger partial charge in [-0.25, -0.2) is 13.4 Å². The molecule has 0 saturated carbocycles. The lowest BCUT2D eigenvalue weighted by atomic mass is 10.2. The molecule has 0 aliphatic carbocycles. The SMILES string of the molecule is O=C(Nc1ccc2c(c1)OCCO2)c1ccnc(NC2CCS(=O)(=O)C2)c1. The Morgan fingerprint density at radius 1 is 1.11 bits per heavy atom. The summed E-state index contributed by atoms with van der Waals surface area (Å²) in [6.45, 7) is 0.981. The van der Waals surface area contributed by atoms with E-state index in [1.165, 1.54) is 6.20 Å². The third-order valence-electron chi connectivity index (χ3n) is 4.41. The number of rotatable bonds is 4. The van der Waals surface area contributed by atoms with Crippen molar-refractivity contribution in [3.8, 4) is 11.5 Å². The molecule has 1 fully saturated rings. The van der Waals surface area contributed by atoms with Crippen molar-refractivity contribution in [2.24, 2.45) is 0 Å². The van der Waals surface area contributed by atoms with Crippen LogP contribution in [-0.2, 0) is 9.84 Å². The molecular formula is C18H19N3O5S. The Hall–Kier alpha value is -2.81. The molecule has 1 aromatic carbocycles. The number of amides is 1. The van der Waals surface area contributed by atoms with Crippen molar-refractivity contribution in [3.05, 3.63) is 42.1 Å². The number of pyridine rings is 1. The number of hydrogen-bond acceptors (Lipinski definition) is 7. The van der Waals surface area contributed by atoms with Gasteiger partial charge < -0.3 is 20.1 Å². The highest BCUT2D eigenvalue weighted by molar-refractivity contribution is 7.91. The molecule has 8 nitrogen and oxygen atoms in total. The predicted molar refractivity (Wildman–Crippen MR) is 100 cm³/mol. The van der Waals surface area contributed by atoms with Crippen LogP contribution in [0.5, 0.6) is 11.5 Å². The molecule has 142 valence electrons. The zero-order valence-electron chi connectivity index (χ0n) is 14.5. The van der Waals surface area contributed by atoms with Crippen molar-refractivity contribution in [1.82, 2.24) is 4.98 Å². The average Bonchev–Trinajstić information content (AvgIpc) is 3.00. The summed E-state index contributed by atoms with van der Waals surface area (Å²) in [6.07, 6.45) is 2.06. The molecule has 0 radical (unpaired) electrons. The summed E-state index contributed by atoms with van der Waals surface area (Å²) < 4.78 is 34.1. The second kappa shape index (κ2) is 7.07. The van der Waals surface area contributed by atoms with Crippen molar-refractivity contribution in [1.29, 1.82) is 0 Å². The Balaban J connectivity index is 1.44. The van der Waals surface area contributed by atoms with E-state index in [4.69, 9.17) is 9.47 Å². The highest BCUT2D eigenvalue weighted by Gasteiger charge is 2.28. The van der Waals surface area contributed by atoms with Gasteiger partial charge in [0.1, 0.15) is 19.0 Å². The minimum atomic E-state index is -2.98. The summed E-state index contributed by atoms with van der Waals surface area (Å²) in [7, 11) is -2.98. The number of aromatic nitrogens is 1. The lowest BCUT2D eigenvalue weighted by Crippen LogP contribution is -2.21. The van der Waals surface area contributed by atoms with Crippen LogP contribution in [0.15, 0.2) is 36.5 Å². The largest absolute Gasteiger partial charge is 0.486 e. The molecule has 0 bridgehead atoms. The smallest absolute Gasteiger partial charge is 0.255 e. The van der Waals surface area contributed by atoms with Crippen LogP contribution in [0.1, 0.15) is 16.8 Å². The van der Waals surface area contributed by atoms with E-state index in [0.29, 0.717) is 48.2 Å². The first-order valence-corrected chi connectivity index (χ1v) is 10.4. The predicted octanol–water partition coefficient (Wildman–Crippen LogP) is 1.70. The molecule has 1 saturated heterocycles. The highest BCUT2D eigenvalue weighted by Crippen LogP contribution is 2.32. The molecule has 3 heterocycles. The van der Waals surface area contributed by atoms with E-state index in [0.717, 1.165) is 0 Å². The molecule has 1 amide bonds. The van der Waals surface area contributed by atoms with Gasteiger partial charge in [0.25, 0.3) is 5.91 Å². The van der Waals surface area contributed by atoms with E-state index in [-0.39, 0.29) is 23.5 Å². The van der Waals surface area contributed by atoms with Crippen LogP contribution in [0.4, 0.5) is 11.5 Å². The maximum atomic E-state index is 12.5. The number of ether oxygens (including phenoxy) is 2. The van der Waals surface area contributed by atoms with E-state index in [9.17, 15) is 13.2 Å². The van der Waals surface area contributed by atoms with Crippen LogP contribution in [0.25, 0.3) is 0 Å². The maximum absolute atomic E-state index is 12.5. The van der Waals surface area contributed by atoms with Gasteiger partial charge in [-0.3, -0.25) is 4.79 Å². The van der Waals surface area contributed by atoms with Gasteiger partial charge in [-0.1, -0.05) is 0 Å². The molecule has 2 aliphatic heterocycles. The van der Waals surface area contributed by atoms with Crippen LogP contribution in [0.2, 0.25) is 0 Å². The number of sulfone groups is 1. The minimum Gasteiger partial charge on any atom is -0.486 e. The Bertz CT molecular complexity index is 977. The number of fused-ring (bicyclic) bond motifs is 1. The number of benzene rings is 1. The van der Waals surface area contributed by atoms with Gasteiger partial charge in [-0.2, -0.15) is 0 Å². The zero-order valence-corrected chi connectivity index (χ0v) is 15.3. The summed E-state index contributed by atoms with van der Waals surface area (Å²) >= 11 is 0. The standard InChI is InChI=1S/C18H19N3O5S/c22-18(21-13-1-2-15-16(10-13)26-7-6-25-15)12-3-5-19-17(9-12)20-14-4-8-27(23,24)11-14/h1-3,5,9-10,14H,4,6-8,11H2,(H,19,20)(H,21,22). The van der Waals surface area contributed by atoms with Crippen LogP contribution in [-0.4, -0.2) is 50.1 Å². The molecular weight excluding hydrogens is 370 g/mol. The van der Waals surface area contributed by atoms with E-state index >= 15 is 0 Å². The Kier molecular flexibility index (Phi) is 4.61. The summed E-state index contributed by atoms with van der Waals surface area (Å²) in [5.41, 5.74) is 1.01. The van der Waals surface area contributed by atoms with E-state index < -0.39 is 9.84 Å². The molecule has 1 atom stereocenters. The maximum Gasteiger partial charge on any atom is 0.255 e. The van der Waals surface area contributed by atoms with Crippen LogP contribution in [0.3, 0.4) is 0 Å². The first kappa shape index (κ1) is 17.6. The second-order valence-corrected chi connectivity index (χ2v) is 8.72. The molecule has 1 aromatic heterocycles. The molecule has 27 heavy (non-hydrogen) atoms. The van der Waals surface area contributed by atoms with E-state index in [1.54, 1.807) is 30.3 Å². The second-order valence-electron chi connectivity index (χ2n) is 6.49. The van der Waals surface area contributed by atoms with Gasteiger partial charge >= 0.3 is 0 Å². The third-order valence-corrected chi connectivity index (χ3v) is 6.17. The molecule has 2 aromatic rings. The fourth-order valence-electron chi connectivity index (χ4n) is 3.09. The van der Waals surface area contributed by atoms with Crippen molar-refractivity contribution in [2.75, 3.05) is 35.4 Å². The van der Waals surface area contributed by atoms with E-state index in [2.05, 4.69) is 15.6 Å². The van der Waals surface area contributed by atoms with Crippen molar-refractivity contribution in [3.63, 3.8) is 0 Å². The Morgan fingerprint density at radius 3 is 2.70 bits per heavy atom. The van der Waals surface area contributed by atoms with Crippen molar-refractivity contribution in [2.45, 2.75) is 12.5 Å².